The molecule has 1 unspecified atom stereocenters. The molecule has 0 amide bonds. The lowest BCUT2D eigenvalue weighted by molar-refractivity contribution is -0.157. The lowest BCUT2D eigenvalue weighted by Gasteiger charge is -2.12. The van der Waals surface area contributed by atoms with Crippen LogP contribution in [0, 0.1) is 0 Å². The first kappa shape index (κ1) is 19.9. The van der Waals surface area contributed by atoms with E-state index < -0.39 is 11.9 Å². The SMILES string of the molecule is CCCCCCCCOC(=O)CC(=O)OC(C)CCCC. The molecule has 0 aromatic rings. The first-order chi connectivity index (χ1) is 10.1. The summed E-state index contributed by atoms with van der Waals surface area (Å²) in [6.45, 7) is 6.54. The van der Waals surface area contributed by atoms with Gasteiger partial charge >= 0.3 is 11.9 Å². The lowest BCUT2D eigenvalue weighted by atomic mass is 10.1. The second-order valence-electron chi connectivity index (χ2n) is 5.61. The van der Waals surface area contributed by atoms with Gasteiger partial charge in [-0.1, -0.05) is 58.8 Å². The Balaban J connectivity index is 3.53. The highest BCUT2D eigenvalue weighted by molar-refractivity contribution is 5.91. The van der Waals surface area contributed by atoms with E-state index in [1.54, 1.807) is 0 Å². The molecule has 0 bridgehead atoms. The fourth-order valence-electron chi connectivity index (χ4n) is 2.05. The second-order valence-corrected chi connectivity index (χ2v) is 5.61. The summed E-state index contributed by atoms with van der Waals surface area (Å²) in [5.41, 5.74) is 0. The van der Waals surface area contributed by atoms with Crippen LogP contribution in [0.3, 0.4) is 0 Å². The summed E-state index contributed by atoms with van der Waals surface area (Å²) in [6.07, 6.45) is 9.41. The van der Waals surface area contributed by atoms with Crippen LogP contribution < -0.4 is 0 Å². The Kier molecular flexibility index (Phi) is 13.2. The standard InChI is InChI=1S/C17H32O4/c1-4-6-8-9-10-11-13-20-16(18)14-17(19)21-15(3)12-7-5-2/h15H,4-14H2,1-3H3. The van der Waals surface area contributed by atoms with Gasteiger partial charge < -0.3 is 9.47 Å². The molecule has 0 saturated heterocycles. The predicted molar refractivity (Wildman–Crippen MR) is 84.0 cm³/mol. The minimum Gasteiger partial charge on any atom is -0.465 e. The molecule has 0 aliphatic carbocycles. The zero-order valence-electron chi connectivity index (χ0n) is 14.0. The van der Waals surface area contributed by atoms with Crippen molar-refractivity contribution in [3.8, 4) is 0 Å². The first-order valence-electron chi connectivity index (χ1n) is 8.45. The van der Waals surface area contributed by atoms with Gasteiger partial charge in [0, 0.05) is 0 Å². The molecule has 0 aromatic heterocycles. The molecule has 0 spiro atoms. The Morgan fingerprint density at radius 1 is 0.857 bits per heavy atom. The molecule has 0 saturated carbocycles. The topological polar surface area (TPSA) is 52.6 Å². The maximum Gasteiger partial charge on any atom is 0.317 e. The van der Waals surface area contributed by atoms with E-state index in [-0.39, 0.29) is 12.5 Å². The van der Waals surface area contributed by atoms with Crippen molar-refractivity contribution in [1.29, 1.82) is 0 Å². The predicted octanol–water partition coefficient (Wildman–Crippen LogP) is 4.40. The summed E-state index contributed by atoms with van der Waals surface area (Å²) >= 11 is 0. The van der Waals surface area contributed by atoms with Gasteiger partial charge in [-0.3, -0.25) is 9.59 Å². The average molecular weight is 300 g/mol. The number of carbonyl (C=O) groups is 2. The third-order valence-corrected chi connectivity index (χ3v) is 3.35. The van der Waals surface area contributed by atoms with E-state index in [0.29, 0.717) is 6.61 Å². The van der Waals surface area contributed by atoms with E-state index in [4.69, 9.17) is 9.47 Å². The van der Waals surface area contributed by atoms with Gasteiger partial charge in [-0.15, -0.1) is 0 Å². The largest absolute Gasteiger partial charge is 0.465 e. The van der Waals surface area contributed by atoms with Gasteiger partial charge in [0.25, 0.3) is 0 Å². The molecule has 0 aliphatic rings. The van der Waals surface area contributed by atoms with Gasteiger partial charge in [0.15, 0.2) is 0 Å². The van der Waals surface area contributed by atoms with Crippen LogP contribution in [0.1, 0.15) is 85.0 Å². The Bertz CT molecular complexity index is 276. The maximum absolute atomic E-state index is 11.5. The second kappa shape index (κ2) is 13.9. The van der Waals surface area contributed by atoms with Crippen molar-refractivity contribution in [1.82, 2.24) is 0 Å². The van der Waals surface area contributed by atoms with Crippen LogP contribution in [0.25, 0.3) is 0 Å². The van der Waals surface area contributed by atoms with Crippen molar-refractivity contribution in [2.45, 2.75) is 91.1 Å². The molecule has 124 valence electrons. The number of hydrogen-bond acceptors (Lipinski definition) is 4. The molecule has 1 atom stereocenters. The Morgan fingerprint density at radius 2 is 1.48 bits per heavy atom. The minimum atomic E-state index is -0.480. The fraction of sp³-hybridized carbons (Fsp3) is 0.882. The molecule has 0 N–H and O–H groups in total. The van der Waals surface area contributed by atoms with Crippen LogP contribution in [-0.4, -0.2) is 24.6 Å². The lowest BCUT2D eigenvalue weighted by Crippen LogP contribution is -2.19. The molecule has 0 fully saturated rings. The number of ether oxygens (including phenoxy) is 2. The van der Waals surface area contributed by atoms with E-state index >= 15 is 0 Å². The average Bonchev–Trinajstić information content (AvgIpc) is 2.43. The molecular weight excluding hydrogens is 268 g/mol. The summed E-state index contributed by atoms with van der Waals surface area (Å²) in [7, 11) is 0. The molecule has 0 rings (SSSR count). The normalized spacial score (nSPS) is 12.0. The van der Waals surface area contributed by atoms with E-state index in [2.05, 4.69) is 13.8 Å². The third-order valence-electron chi connectivity index (χ3n) is 3.35. The smallest absolute Gasteiger partial charge is 0.317 e. The van der Waals surface area contributed by atoms with Crippen LogP contribution >= 0.6 is 0 Å². The van der Waals surface area contributed by atoms with Crippen molar-refractivity contribution in [3.63, 3.8) is 0 Å². The molecule has 4 heteroatoms. The monoisotopic (exact) mass is 300 g/mol. The quantitative estimate of drug-likeness (QED) is 0.287. The number of carbonyl (C=O) groups excluding carboxylic acids is 2. The molecule has 0 radical (unpaired) electrons. The van der Waals surface area contributed by atoms with Gasteiger partial charge in [0.2, 0.25) is 0 Å². The molecule has 4 nitrogen and oxygen atoms in total. The van der Waals surface area contributed by atoms with Crippen LogP contribution in [-0.2, 0) is 19.1 Å². The first-order valence-corrected chi connectivity index (χ1v) is 8.45. The zero-order chi connectivity index (χ0) is 15.9. The van der Waals surface area contributed by atoms with Gasteiger partial charge in [-0.2, -0.15) is 0 Å². The van der Waals surface area contributed by atoms with Gasteiger partial charge in [-0.25, -0.2) is 0 Å². The summed E-state index contributed by atoms with van der Waals surface area (Å²) < 4.78 is 10.2. The van der Waals surface area contributed by atoms with Crippen molar-refractivity contribution in [2.24, 2.45) is 0 Å². The van der Waals surface area contributed by atoms with Crippen LogP contribution in [0.15, 0.2) is 0 Å². The molecule has 0 heterocycles. The Hall–Kier alpha value is -1.06. The van der Waals surface area contributed by atoms with Crippen molar-refractivity contribution >= 4 is 11.9 Å². The Labute approximate surface area is 129 Å². The maximum atomic E-state index is 11.5. The molecule has 0 aliphatic heterocycles. The van der Waals surface area contributed by atoms with Gasteiger partial charge in [0.05, 0.1) is 12.7 Å². The van der Waals surface area contributed by atoms with Crippen molar-refractivity contribution < 1.29 is 19.1 Å². The molecule has 21 heavy (non-hydrogen) atoms. The van der Waals surface area contributed by atoms with Crippen LogP contribution in [0.4, 0.5) is 0 Å². The zero-order valence-corrected chi connectivity index (χ0v) is 14.0. The highest BCUT2D eigenvalue weighted by atomic mass is 16.6. The number of rotatable bonds is 13. The van der Waals surface area contributed by atoms with E-state index in [1.165, 1.54) is 25.7 Å². The van der Waals surface area contributed by atoms with Crippen LogP contribution in [0.5, 0.6) is 0 Å². The third kappa shape index (κ3) is 13.7. The Morgan fingerprint density at radius 3 is 2.14 bits per heavy atom. The number of hydrogen-bond donors (Lipinski definition) is 0. The van der Waals surface area contributed by atoms with Crippen LogP contribution in [0.2, 0.25) is 0 Å². The fourth-order valence-corrected chi connectivity index (χ4v) is 2.05. The highest BCUT2D eigenvalue weighted by Gasteiger charge is 2.14. The molecular formula is C17H32O4. The van der Waals surface area contributed by atoms with Gasteiger partial charge in [-0.05, 0) is 19.8 Å². The highest BCUT2D eigenvalue weighted by Crippen LogP contribution is 2.07. The number of esters is 2. The van der Waals surface area contributed by atoms with E-state index in [9.17, 15) is 9.59 Å². The summed E-state index contributed by atoms with van der Waals surface area (Å²) in [5.74, 6) is -0.956. The minimum absolute atomic E-state index is 0.121. The van der Waals surface area contributed by atoms with Gasteiger partial charge in [0.1, 0.15) is 6.42 Å². The van der Waals surface area contributed by atoms with E-state index in [1.807, 2.05) is 6.92 Å². The molecule has 0 aromatic carbocycles. The summed E-state index contributed by atoms with van der Waals surface area (Å²) in [5, 5.41) is 0. The van der Waals surface area contributed by atoms with E-state index in [0.717, 1.165) is 32.1 Å². The summed E-state index contributed by atoms with van der Waals surface area (Å²) in [6, 6.07) is 0. The van der Waals surface area contributed by atoms with Crippen molar-refractivity contribution in [2.75, 3.05) is 6.61 Å². The van der Waals surface area contributed by atoms with Crippen molar-refractivity contribution in [3.05, 3.63) is 0 Å². The summed E-state index contributed by atoms with van der Waals surface area (Å²) in [4.78, 5) is 23.0. The number of unbranched alkanes of at least 4 members (excludes halogenated alkanes) is 6.